The van der Waals surface area contributed by atoms with Gasteiger partial charge in [-0.2, -0.15) is 11.8 Å². The maximum atomic E-state index is 13.3. The van der Waals surface area contributed by atoms with Gasteiger partial charge in [-0.3, -0.25) is 0 Å². The zero-order valence-corrected chi connectivity index (χ0v) is 14.2. The largest absolute Gasteiger partial charge is 0.392 e. The maximum absolute atomic E-state index is 13.3. The van der Waals surface area contributed by atoms with Crippen molar-refractivity contribution in [3.05, 3.63) is 29.6 Å². The van der Waals surface area contributed by atoms with Gasteiger partial charge in [0, 0.05) is 16.9 Å². The smallest absolute Gasteiger partial charge is 0.240 e. The number of aliphatic hydroxyl groups is 1. The summed E-state index contributed by atoms with van der Waals surface area (Å²) in [6.07, 6.45) is 3.65. The molecule has 0 bridgehead atoms. The van der Waals surface area contributed by atoms with E-state index in [1.807, 2.05) is 20.1 Å². The summed E-state index contributed by atoms with van der Waals surface area (Å²) in [5, 5.41) is 9.02. The van der Waals surface area contributed by atoms with Crippen LogP contribution in [0, 0.1) is 5.82 Å². The summed E-state index contributed by atoms with van der Waals surface area (Å²) in [4.78, 5) is -0.0323. The first-order valence-corrected chi connectivity index (χ1v) is 9.49. The molecule has 1 rings (SSSR count). The van der Waals surface area contributed by atoms with E-state index in [1.165, 1.54) is 6.07 Å². The lowest BCUT2D eigenvalue weighted by atomic mass is 10.0. The highest BCUT2D eigenvalue weighted by Gasteiger charge is 2.27. The van der Waals surface area contributed by atoms with Gasteiger partial charge in [0.25, 0.3) is 0 Å². The minimum Gasteiger partial charge on any atom is -0.392 e. The van der Waals surface area contributed by atoms with Crippen LogP contribution in [0.15, 0.2) is 23.1 Å². The van der Waals surface area contributed by atoms with E-state index in [2.05, 4.69) is 4.72 Å². The Balaban J connectivity index is 2.97. The number of nitrogens with one attached hydrogen (secondary N) is 1. The Morgan fingerprint density at radius 3 is 2.43 bits per heavy atom. The molecule has 0 amide bonds. The summed E-state index contributed by atoms with van der Waals surface area (Å²) < 4.78 is 40.3. The number of aliphatic hydroxyl groups excluding tert-OH is 1. The van der Waals surface area contributed by atoms with Crippen molar-refractivity contribution in [3.8, 4) is 0 Å². The van der Waals surface area contributed by atoms with Crippen LogP contribution in [0.3, 0.4) is 0 Å². The Kier molecular flexibility index (Phi) is 6.65. The fourth-order valence-electron chi connectivity index (χ4n) is 2.01. The Bertz CT molecular complexity index is 563. The summed E-state index contributed by atoms with van der Waals surface area (Å²) in [5.41, 5.74) is -0.0278. The molecule has 0 aromatic heterocycles. The molecule has 0 radical (unpaired) electrons. The minimum atomic E-state index is -3.71. The van der Waals surface area contributed by atoms with E-state index in [4.69, 9.17) is 5.11 Å². The van der Waals surface area contributed by atoms with Gasteiger partial charge in [-0.05, 0) is 37.3 Å². The molecule has 0 unspecified atom stereocenters. The van der Waals surface area contributed by atoms with Gasteiger partial charge in [-0.25, -0.2) is 17.5 Å². The van der Waals surface area contributed by atoms with Crippen molar-refractivity contribution in [1.29, 1.82) is 0 Å². The third-order valence-electron chi connectivity index (χ3n) is 3.80. The van der Waals surface area contributed by atoms with E-state index in [-0.39, 0.29) is 15.2 Å². The predicted molar refractivity (Wildman–Crippen MR) is 84.3 cm³/mol. The Labute approximate surface area is 130 Å². The van der Waals surface area contributed by atoms with E-state index in [0.717, 1.165) is 25.0 Å². The molecule has 0 saturated carbocycles. The number of rotatable bonds is 8. The fraction of sp³-hybridized carbons (Fsp3) is 0.571. The van der Waals surface area contributed by atoms with E-state index < -0.39 is 22.4 Å². The molecule has 120 valence electrons. The SMILES string of the molecule is CCC(CC)(CNS(=O)(=O)c1ccc(F)c(CO)c1)SC. The van der Waals surface area contributed by atoms with E-state index in [1.54, 1.807) is 11.8 Å². The zero-order valence-electron chi connectivity index (χ0n) is 12.5. The molecule has 0 spiro atoms. The summed E-state index contributed by atoms with van der Waals surface area (Å²) in [6.45, 7) is 3.83. The van der Waals surface area contributed by atoms with E-state index in [9.17, 15) is 12.8 Å². The van der Waals surface area contributed by atoms with Gasteiger partial charge in [-0.1, -0.05) is 13.8 Å². The van der Waals surface area contributed by atoms with Crippen LogP contribution in [0.5, 0.6) is 0 Å². The lowest BCUT2D eigenvalue weighted by Gasteiger charge is -2.29. The molecule has 2 N–H and O–H groups in total. The van der Waals surface area contributed by atoms with Crippen LogP contribution < -0.4 is 4.72 Å². The molecule has 0 aliphatic carbocycles. The average Bonchev–Trinajstić information content (AvgIpc) is 2.49. The van der Waals surface area contributed by atoms with Crippen LogP contribution in [0.4, 0.5) is 4.39 Å². The van der Waals surface area contributed by atoms with Crippen LogP contribution >= 0.6 is 11.8 Å². The van der Waals surface area contributed by atoms with Crippen molar-refractivity contribution in [2.75, 3.05) is 12.8 Å². The Morgan fingerprint density at radius 2 is 1.95 bits per heavy atom. The highest BCUT2D eigenvalue weighted by atomic mass is 32.2. The Hall–Kier alpha value is -0.630. The van der Waals surface area contributed by atoms with Crippen molar-refractivity contribution in [2.24, 2.45) is 0 Å². The van der Waals surface area contributed by atoms with E-state index in [0.29, 0.717) is 6.54 Å². The third-order valence-corrected chi connectivity index (χ3v) is 6.79. The molecule has 0 heterocycles. The summed E-state index contributed by atoms with van der Waals surface area (Å²) >= 11 is 1.64. The highest BCUT2D eigenvalue weighted by Crippen LogP contribution is 2.30. The topological polar surface area (TPSA) is 66.4 Å². The van der Waals surface area contributed by atoms with Gasteiger partial charge >= 0.3 is 0 Å². The molecule has 0 aliphatic rings. The zero-order chi connectivity index (χ0) is 16.1. The van der Waals surface area contributed by atoms with Crippen LogP contribution in [0.1, 0.15) is 32.3 Å². The first-order valence-electron chi connectivity index (χ1n) is 6.78. The van der Waals surface area contributed by atoms with Crippen molar-refractivity contribution in [2.45, 2.75) is 42.9 Å². The number of hydrogen-bond acceptors (Lipinski definition) is 4. The second-order valence-electron chi connectivity index (χ2n) is 4.83. The highest BCUT2D eigenvalue weighted by molar-refractivity contribution is 8.00. The quantitative estimate of drug-likeness (QED) is 0.766. The minimum absolute atomic E-state index is 0.0278. The number of sulfonamides is 1. The molecule has 4 nitrogen and oxygen atoms in total. The van der Waals surface area contributed by atoms with Crippen molar-refractivity contribution in [1.82, 2.24) is 4.72 Å². The average molecular weight is 335 g/mol. The van der Waals surface area contributed by atoms with Gasteiger partial charge in [0.05, 0.1) is 11.5 Å². The lowest BCUT2D eigenvalue weighted by Crippen LogP contribution is -2.39. The van der Waals surface area contributed by atoms with Gasteiger partial charge < -0.3 is 5.11 Å². The molecule has 0 fully saturated rings. The van der Waals surface area contributed by atoms with Crippen molar-refractivity contribution in [3.63, 3.8) is 0 Å². The number of hydrogen-bond donors (Lipinski definition) is 2. The standard InChI is InChI=1S/C14H22FNO3S2/c1-4-14(5-2,20-3)10-16-21(18,19)12-6-7-13(15)11(8-12)9-17/h6-8,16-17H,4-5,9-10H2,1-3H3. The first kappa shape index (κ1) is 18.4. The second kappa shape index (κ2) is 7.58. The molecule has 0 aliphatic heterocycles. The number of thioether (sulfide) groups is 1. The number of halogens is 1. The molecular formula is C14H22FNO3S2. The third kappa shape index (κ3) is 4.42. The first-order chi connectivity index (χ1) is 9.84. The fourth-order valence-corrected chi connectivity index (χ4v) is 4.07. The van der Waals surface area contributed by atoms with Gasteiger partial charge in [0.1, 0.15) is 5.82 Å². The van der Waals surface area contributed by atoms with Crippen LogP contribution in [-0.4, -0.2) is 31.1 Å². The van der Waals surface area contributed by atoms with Crippen molar-refractivity contribution >= 4 is 21.8 Å². The van der Waals surface area contributed by atoms with E-state index >= 15 is 0 Å². The van der Waals surface area contributed by atoms with Crippen LogP contribution in [-0.2, 0) is 16.6 Å². The molecule has 0 saturated heterocycles. The molecular weight excluding hydrogens is 313 g/mol. The van der Waals surface area contributed by atoms with Crippen molar-refractivity contribution < 1.29 is 17.9 Å². The Morgan fingerprint density at radius 1 is 1.33 bits per heavy atom. The monoisotopic (exact) mass is 335 g/mol. The molecule has 21 heavy (non-hydrogen) atoms. The molecule has 1 aromatic rings. The van der Waals surface area contributed by atoms with Gasteiger partial charge in [0.15, 0.2) is 0 Å². The second-order valence-corrected chi connectivity index (χ2v) is 7.87. The van der Waals surface area contributed by atoms with Crippen LogP contribution in [0.25, 0.3) is 0 Å². The van der Waals surface area contributed by atoms with Gasteiger partial charge in [0.2, 0.25) is 10.0 Å². The molecule has 1 aromatic carbocycles. The molecule has 0 atom stereocenters. The number of benzene rings is 1. The van der Waals surface area contributed by atoms with Crippen LogP contribution in [0.2, 0.25) is 0 Å². The lowest BCUT2D eigenvalue weighted by molar-refractivity contribution is 0.275. The summed E-state index contributed by atoms with van der Waals surface area (Å²) in [7, 11) is -3.71. The molecule has 7 heteroatoms. The summed E-state index contributed by atoms with van der Waals surface area (Å²) in [5.74, 6) is -0.614. The maximum Gasteiger partial charge on any atom is 0.240 e. The normalized spacial score (nSPS) is 12.6. The van der Waals surface area contributed by atoms with Gasteiger partial charge in [-0.15, -0.1) is 0 Å². The summed E-state index contributed by atoms with van der Waals surface area (Å²) in [6, 6.07) is 3.42. The predicted octanol–water partition coefficient (Wildman–Crippen LogP) is 2.52.